The summed E-state index contributed by atoms with van der Waals surface area (Å²) in [6, 6.07) is 7.36. The Bertz CT molecular complexity index is 620. The number of benzene rings is 1. The predicted molar refractivity (Wildman–Crippen MR) is 121 cm³/mol. The van der Waals surface area contributed by atoms with Crippen LogP contribution in [0.4, 0.5) is 0 Å². The van der Waals surface area contributed by atoms with E-state index in [0.29, 0.717) is 11.1 Å². The number of likely N-dealkylation sites (tertiary alicyclic amines) is 2. The van der Waals surface area contributed by atoms with Gasteiger partial charge in [-0.1, -0.05) is 13.8 Å². The molecule has 2 unspecified atom stereocenters. The third-order valence-electron chi connectivity index (χ3n) is 6.42. The van der Waals surface area contributed by atoms with Crippen molar-refractivity contribution in [2.45, 2.75) is 64.5 Å². The van der Waals surface area contributed by atoms with Gasteiger partial charge in [-0.15, -0.1) is 0 Å². The Morgan fingerprint density at radius 2 is 1.07 bits per heavy atom. The van der Waals surface area contributed by atoms with Gasteiger partial charge in [-0.05, 0) is 89.0 Å². The van der Waals surface area contributed by atoms with Crippen LogP contribution in [0.15, 0.2) is 24.3 Å². The Hall–Kier alpha value is -1.92. The summed E-state index contributed by atoms with van der Waals surface area (Å²) in [5.41, 5.74) is 1.21. The van der Waals surface area contributed by atoms with Crippen molar-refractivity contribution < 1.29 is 9.59 Å². The first kappa shape index (κ1) is 22.8. The first-order chi connectivity index (χ1) is 14.6. The van der Waals surface area contributed by atoms with Crippen LogP contribution in [0.5, 0.6) is 0 Å². The van der Waals surface area contributed by atoms with Crippen molar-refractivity contribution >= 4 is 11.8 Å². The van der Waals surface area contributed by atoms with E-state index in [1.54, 1.807) is 24.3 Å². The lowest BCUT2D eigenvalue weighted by atomic mass is 10.1. The Morgan fingerprint density at radius 3 is 1.37 bits per heavy atom. The molecule has 166 valence electrons. The van der Waals surface area contributed by atoms with Gasteiger partial charge in [0.2, 0.25) is 0 Å². The van der Waals surface area contributed by atoms with Gasteiger partial charge in [0.05, 0.1) is 0 Å². The highest BCUT2D eigenvalue weighted by atomic mass is 16.2. The summed E-state index contributed by atoms with van der Waals surface area (Å²) in [4.78, 5) is 30.2. The second kappa shape index (κ2) is 11.5. The number of carbonyl (C=O) groups excluding carboxylic acids is 2. The normalized spacial score (nSPS) is 19.5. The highest BCUT2D eigenvalue weighted by Gasteiger charge is 2.20. The van der Waals surface area contributed by atoms with Gasteiger partial charge in [0.25, 0.3) is 11.8 Å². The monoisotopic (exact) mass is 414 g/mol. The summed E-state index contributed by atoms with van der Waals surface area (Å²) in [6.45, 7) is 10.6. The van der Waals surface area contributed by atoms with E-state index in [1.807, 2.05) is 0 Å². The van der Waals surface area contributed by atoms with Crippen molar-refractivity contribution in [1.29, 1.82) is 0 Å². The molecule has 0 aromatic heterocycles. The van der Waals surface area contributed by atoms with Gasteiger partial charge in [-0.3, -0.25) is 9.59 Å². The topological polar surface area (TPSA) is 64.7 Å². The fraction of sp³-hybridized carbons (Fsp3) is 0.667. The van der Waals surface area contributed by atoms with Gasteiger partial charge >= 0.3 is 0 Å². The standard InChI is InChI=1S/C24H38N4O2/c1-3-21(17-27-13-5-6-14-27)25-23(29)19-9-11-20(12-10-19)24(30)26-22(4-2)18-28-15-7-8-16-28/h9-12,21-22H,3-8,13-18H2,1-2H3,(H,25,29)(H,26,30). The summed E-state index contributed by atoms with van der Waals surface area (Å²) in [7, 11) is 0. The Labute approximate surface area is 181 Å². The van der Waals surface area contributed by atoms with E-state index >= 15 is 0 Å². The van der Waals surface area contributed by atoms with Crippen molar-refractivity contribution in [3.8, 4) is 0 Å². The molecule has 0 spiro atoms. The van der Waals surface area contributed by atoms with Crippen LogP contribution in [0.1, 0.15) is 73.1 Å². The summed E-state index contributed by atoms with van der Waals surface area (Å²) in [6.07, 6.45) is 6.85. The van der Waals surface area contributed by atoms with Crippen molar-refractivity contribution in [2.24, 2.45) is 0 Å². The number of rotatable bonds is 10. The third kappa shape index (κ3) is 6.54. The quantitative estimate of drug-likeness (QED) is 0.618. The minimum atomic E-state index is -0.0616. The highest BCUT2D eigenvalue weighted by Crippen LogP contribution is 2.12. The predicted octanol–water partition coefficient (Wildman–Crippen LogP) is 2.90. The summed E-state index contributed by atoms with van der Waals surface area (Å²) in [5, 5.41) is 6.31. The fourth-order valence-electron chi connectivity index (χ4n) is 4.42. The summed E-state index contributed by atoms with van der Waals surface area (Å²) < 4.78 is 0. The lowest BCUT2D eigenvalue weighted by Crippen LogP contribution is -2.43. The minimum absolute atomic E-state index is 0.0616. The minimum Gasteiger partial charge on any atom is -0.348 e. The van der Waals surface area contributed by atoms with Crippen LogP contribution in [0.25, 0.3) is 0 Å². The van der Waals surface area contributed by atoms with Crippen LogP contribution in [-0.2, 0) is 0 Å². The molecule has 30 heavy (non-hydrogen) atoms. The number of hydrogen-bond donors (Lipinski definition) is 2. The van der Waals surface area contributed by atoms with Gasteiger partial charge in [0.15, 0.2) is 0 Å². The van der Waals surface area contributed by atoms with E-state index in [1.165, 1.54) is 25.7 Å². The van der Waals surface area contributed by atoms with Crippen molar-refractivity contribution in [1.82, 2.24) is 20.4 Å². The molecule has 2 aliphatic rings. The second-order valence-corrected chi connectivity index (χ2v) is 8.75. The average molecular weight is 415 g/mol. The number of nitrogens with zero attached hydrogens (tertiary/aromatic N) is 2. The van der Waals surface area contributed by atoms with E-state index in [9.17, 15) is 9.59 Å². The first-order valence-electron chi connectivity index (χ1n) is 11.8. The van der Waals surface area contributed by atoms with Crippen LogP contribution >= 0.6 is 0 Å². The smallest absolute Gasteiger partial charge is 0.251 e. The number of carbonyl (C=O) groups is 2. The van der Waals surface area contributed by atoms with Crippen LogP contribution < -0.4 is 10.6 Å². The largest absolute Gasteiger partial charge is 0.348 e. The third-order valence-corrected chi connectivity index (χ3v) is 6.42. The molecule has 0 saturated carbocycles. The maximum absolute atomic E-state index is 12.7. The van der Waals surface area contributed by atoms with Crippen LogP contribution in [0.3, 0.4) is 0 Å². The molecule has 0 radical (unpaired) electrons. The molecule has 6 heteroatoms. The molecule has 3 rings (SSSR count). The molecule has 6 nitrogen and oxygen atoms in total. The number of amides is 2. The lowest BCUT2D eigenvalue weighted by molar-refractivity contribution is 0.0914. The number of nitrogens with one attached hydrogen (secondary N) is 2. The molecule has 2 aliphatic heterocycles. The van der Waals surface area contributed by atoms with E-state index in [-0.39, 0.29) is 23.9 Å². The molecule has 2 amide bonds. The average Bonchev–Trinajstić information content (AvgIpc) is 3.47. The zero-order chi connectivity index (χ0) is 21.3. The Morgan fingerprint density at radius 1 is 0.733 bits per heavy atom. The molecule has 2 N–H and O–H groups in total. The zero-order valence-corrected chi connectivity index (χ0v) is 18.7. The number of hydrogen-bond acceptors (Lipinski definition) is 4. The zero-order valence-electron chi connectivity index (χ0n) is 18.7. The Balaban J connectivity index is 1.51. The van der Waals surface area contributed by atoms with E-state index < -0.39 is 0 Å². The van der Waals surface area contributed by atoms with Crippen molar-refractivity contribution in [3.05, 3.63) is 35.4 Å². The van der Waals surface area contributed by atoms with Gasteiger partial charge in [-0.2, -0.15) is 0 Å². The molecule has 2 fully saturated rings. The van der Waals surface area contributed by atoms with Crippen LogP contribution in [0.2, 0.25) is 0 Å². The maximum atomic E-state index is 12.7. The fourth-order valence-corrected chi connectivity index (χ4v) is 4.42. The molecule has 2 atom stereocenters. The molecule has 2 saturated heterocycles. The highest BCUT2D eigenvalue weighted by molar-refractivity contribution is 5.98. The van der Waals surface area contributed by atoms with Crippen molar-refractivity contribution in [3.63, 3.8) is 0 Å². The molecular weight excluding hydrogens is 376 g/mol. The Kier molecular flexibility index (Phi) is 8.70. The molecule has 2 heterocycles. The summed E-state index contributed by atoms with van der Waals surface area (Å²) in [5.74, 6) is -0.123. The van der Waals surface area contributed by atoms with Gasteiger partial charge < -0.3 is 20.4 Å². The van der Waals surface area contributed by atoms with Gasteiger partial charge in [0.1, 0.15) is 0 Å². The van der Waals surface area contributed by atoms with Crippen LogP contribution in [0, 0.1) is 0 Å². The van der Waals surface area contributed by atoms with Gasteiger partial charge in [0, 0.05) is 36.3 Å². The van der Waals surface area contributed by atoms with E-state index in [4.69, 9.17) is 0 Å². The van der Waals surface area contributed by atoms with Crippen molar-refractivity contribution in [2.75, 3.05) is 39.3 Å². The maximum Gasteiger partial charge on any atom is 0.251 e. The molecule has 1 aromatic rings. The molecule has 1 aromatic carbocycles. The molecule has 0 aliphatic carbocycles. The molecule has 0 bridgehead atoms. The first-order valence-corrected chi connectivity index (χ1v) is 11.8. The lowest BCUT2D eigenvalue weighted by Gasteiger charge is -2.24. The summed E-state index contributed by atoms with van der Waals surface area (Å²) >= 11 is 0. The second-order valence-electron chi connectivity index (χ2n) is 8.75. The SMILES string of the molecule is CCC(CN1CCCC1)NC(=O)c1ccc(C(=O)NC(CC)CN2CCCC2)cc1. The molecular formula is C24H38N4O2. The van der Waals surface area contributed by atoms with Gasteiger partial charge in [-0.25, -0.2) is 0 Å². The van der Waals surface area contributed by atoms with E-state index in [2.05, 4.69) is 34.3 Å². The van der Waals surface area contributed by atoms with E-state index in [0.717, 1.165) is 52.1 Å². The van der Waals surface area contributed by atoms with Crippen LogP contribution in [-0.4, -0.2) is 73.0 Å².